The van der Waals surface area contributed by atoms with Crippen molar-refractivity contribution < 1.29 is 4.79 Å². The number of nitrogens with one attached hydrogen (secondary N) is 2. The van der Waals surface area contributed by atoms with Crippen LogP contribution in [0.25, 0.3) is 0 Å². The molecule has 0 aliphatic rings. The van der Waals surface area contributed by atoms with Gasteiger partial charge in [0, 0.05) is 58.9 Å². The molecule has 0 spiro atoms. The lowest BCUT2D eigenvalue weighted by Crippen LogP contribution is -2.43. The molecule has 1 aromatic heterocycles. The van der Waals surface area contributed by atoms with E-state index < -0.39 is 0 Å². The lowest BCUT2D eigenvalue weighted by molar-refractivity contribution is -0.127. The summed E-state index contributed by atoms with van der Waals surface area (Å²) in [5.74, 6) is 1.54. The van der Waals surface area contributed by atoms with E-state index in [9.17, 15) is 4.79 Å². The van der Waals surface area contributed by atoms with Gasteiger partial charge >= 0.3 is 0 Å². The zero-order chi connectivity index (χ0) is 22.6. The fourth-order valence-electron chi connectivity index (χ4n) is 3.10. The molecule has 0 atom stereocenters. The zero-order valence-electron chi connectivity index (χ0n) is 19.8. The molecule has 178 valence electrons. The first-order chi connectivity index (χ1) is 14.9. The molecule has 32 heavy (non-hydrogen) atoms. The summed E-state index contributed by atoms with van der Waals surface area (Å²) in [6, 6.07) is 8.50. The van der Waals surface area contributed by atoms with Crippen molar-refractivity contribution >= 4 is 41.5 Å². The lowest BCUT2D eigenvalue weighted by Gasteiger charge is -2.24. The monoisotopic (exact) mass is 556 g/mol. The molecule has 0 radical (unpaired) electrons. The highest BCUT2D eigenvalue weighted by Crippen LogP contribution is 2.14. The Morgan fingerprint density at radius 3 is 2.59 bits per heavy atom. The molecule has 0 bridgehead atoms. The van der Waals surface area contributed by atoms with Gasteiger partial charge in [0.1, 0.15) is 18.7 Å². The number of carbonyl (C=O) groups excluding carboxylic acids is 1. The molecule has 2 aromatic rings. The minimum Gasteiger partial charge on any atom is -0.370 e. The number of likely N-dealkylation sites (N-methyl/N-ethyl adjacent to an activating group) is 2. The van der Waals surface area contributed by atoms with Crippen LogP contribution in [0.5, 0.6) is 0 Å². The molecule has 1 amide bonds. The molecule has 0 saturated carbocycles. The quantitative estimate of drug-likeness (QED) is 0.250. The normalized spacial score (nSPS) is 11.0. The number of guanidine groups is 1. The average molecular weight is 556 g/mol. The molecule has 9 nitrogen and oxygen atoms in total. The molecule has 0 aliphatic heterocycles. The molecule has 0 unspecified atom stereocenters. The van der Waals surface area contributed by atoms with Crippen molar-refractivity contribution in [3.05, 3.63) is 42.0 Å². The van der Waals surface area contributed by atoms with E-state index in [1.165, 1.54) is 11.3 Å². The van der Waals surface area contributed by atoms with E-state index in [1.54, 1.807) is 25.3 Å². The maximum Gasteiger partial charge on any atom is 0.243 e. The van der Waals surface area contributed by atoms with E-state index >= 15 is 0 Å². The highest BCUT2D eigenvalue weighted by Gasteiger charge is 2.08. The van der Waals surface area contributed by atoms with Crippen molar-refractivity contribution in [2.24, 2.45) is 4.99 Å². The fourth-order valence-corrected chi connectivity index (χ4v) is 3.10. The molecule has 1 aromatic carbocycles. The maximum atomic E-state index is 12.0. The van der Waals surface area contributed by atoms with Gasteiger partial charge in [-0.05, 0) is 31.5 Å². The average Bonchev–Trinajstić information content (AvgIpc) is 3.21. The molecular formula is C22H37IN8O. The fraction of sp³-hybridized carbons (Fsp3) is 0.545. The van der Waals surface area contributed by atoms with Crippen LogP contribution in [0.2, 0.25) is 0 Å². The zero-order valence-corrected chi connectivity index (χ0v) is 22.2. The largest absolute Gasteiger partial charge is 0.370 e. The molecule has 2 N–H and O–H groups in total. The van der Waals surface area contributed by atoms with Gasteiger partial charge in [-0.25, -0.2) is 4.99 Å². The SMILES string of the molecule is CCc1nncn1CCNC(=NCC(=O)N(C)C)NCCN(CC)c1cccc(C)c1.I. The van der Waals surface area contributed by atoms with Gasteiger partial charge in [0.2, 0.25) is 5.91 Å². The van der Waals surface area contributed by atoms with Gasteiger partial charge in [-0.3, -0.25) is 4.79 Å². The molecule has 1 heterocycles. The number of hydrogen-bond donors (Lipinski definition) is 2. The number of amides is 1. The standard InChI is InChI=1S/C22H36N8O.HI/c1-6-20-27-26-17-30(20)14-12-24-22(25-16-21(31)28(4)5)23-11-13-29(7-2)19-10-8-9-18(3)15-19;/h8-10,15,17H,6-7,11-14,16H2,1-5H3,(H2,23,24,25);1H. The predicted octanol–water partition coefficient (Wildman–Crippen LogP) is 1.92. The number of nitrogens with zero attached hydrogens (tertiary/aromatic N) is 6. The van der Waals surface area contributed by atoms with Crippen molar-refractivity contribution in [1.82, 2.24) is 30.3 Å². The number of aliphatic imine (C=N–C) groups is 1. The van der Waals surface area contributed by atoms with E-state index in [1.807, 2.05) is 4.57 Å². The van der Waals surface area contributed by atoms with Crippen LogP contribution in [0.15, 0.2) is 35.6 Å². The summed E-state index contributed by atoms with van der Waals surface area (Å²) >= 11 is 0. The van der Waals surface area contributed by atoms with E-state index in [0.717, 1.165) is 31.9 Å². The first-order valence-electron chi connectivity index (χ1n) is 10.8. The van der Waals surface area contributed by atoms with Crippen LogP contribution in [0.1, 0.15) is 25.2 Å². The summed E-state index contributed by atoms with van der Waals surface area (Å²) in [6.07, 6.45) is 2.57. The van der Waals surface area contributed by atoms with Gasteiger partial charge in [-0.2, -0.15) is 0 Å². The Kier molecular flexibility index (Phi) is 12.7. The van der Waals surface area contributed by atoms with Gasteiger partial charge in [0.25, 0.3) is 0 Å². The Labute approximate surface area is 208 Å². The van der Waals surface area contributed by atoms with E-state index in [4.69, 9.17) is 0 Å². The summed E-state index contributed by atoms with van der Waals surface area (Å²) in [6.45, 7) is 10.2. The highest BCUT2D eigenvalue weighted by atomic mass is 127. The summed E-state index contributed by atoms with van der Waals surface area (Å²) in [4.78, 5) is 20.3. The van der Waals surface area contributed by atoms with Crippen molar-refractivity contribution in [1.29, 1.82) is 0 Å². The number of halogens is 1. The second kappa shape index (κ2) is 14.6. The van der Waals surface area contributed by atoms with E-state index in [2.05, 4.69) is 75.8 Å². The van der Waals surface area contributed by atoms with Crippen molar-refractivity contribution in [2.45, 2.75) is 33.7 Å². The van der Waals surface area contributed by atoms with Gasteiger partial charge in [0.15, 0.2) is 5.96 Å². The summed E-state index contributed by atoms with van der Waals surface area (Å²) in [5.41, 5.74) is 2.45. The molecule has 2 rings (SSSR count). The number of anilines is 1. The van der Waals surface area contributed by atoms with Crippen LogP contribution in [0.3, 0.4) is 0 Å². The maximum absolute atomic E-state index is 12.0. The Balaban J connectivity index is 0.00000512. The van der Waals surface area contributed by atoms with Gasteiger partial charge in [0.05, 0.1) is 0 Å². The number of benzene rings is 1. The Bertz CT molecular complexity index is 852. The third-order valence-electron chi connectivity index (χ3n) is 4.95. The first kappa shape index (κ1) is 27.7. The van der Waals surface area contributed by atoms with Crippen molar-refractivity contribution in [3.8, 4) is 0 Å². The molecule has 0 aliphatic carbocycles. The number of rotatable bonds is 11. The Morgan fingerprint density at radius 1 is 1.19 bits per heavy atom. The second-order valence-electron chi connectivity index (χ2n) is 7.52. The van der Waals surface area contributed by atoms with Crippen molar-refractivity contribution in [2.75, 3.05) is 51.7 Å². The molecule has 10 heteroatoms. The minimum atomic E-state index is -0.0388. The topological polar surface area (TPSA) is 90.7 Å². The van der Waals surface area contributed by atoms with Crippen LogP contribution < -0.4 is 15.5 Å². The third kappa shape index (κ3) is 9.01. The predicted molar refractivity (Wildman–Crippen MR) is 141 cm³/mol. The van der Waals surface area contributed by atoms with Crippen LogP contribution in [-0.4, -0.2) is 78.4 Å². The van der Waals surface area contributed by atoms with Crippen LogP contribution in [-0.2, 0) is 17.8 Å². The van der Waals surface area contributed by atoms with Crippen LogP contribution in [0.4, 0.5) is 5.69 Å². The van der Waals surface area contributed by atoms with Gasteiger partial charge < -0.3 is 25.0 Å². The van der Waals surface area contributed by atoms with Gasteiger partial charge in [-0.1, -0.05) is 19.1 Å². The number of aryl methyl sites for hydroxylation is 2. The highest BCUT2D eigenvalue weighted by molar-refractivity contribution is 14.0. The minimum absolute atomic E-state index is 0. The third-order valence-corrected chi connectivity index (χ3v) is 4.95. The van der Waals surface area contributed by atoms with Crippen LogP contribution >= 0.6 is 24.0 Å². The number of carbonyl (C=O) groups is 1. The van der Waals surface area contributed by atoms with Crippen molar-refractivity contribution in [3.63, 3.8) is 0 Å². The second-order valence-corrected chi connectivity index (χ2v) is 7.52. The number of hydrogen-bond acceptors (Lipinski definition) is 5. The van der Waals surface area contributed by atoms with E-state index in [0.29, 0.717) is 19.0 Å². The number of aromatic nitrogens is 3. The van der Waals surface area contributed by atoms with Gasteiger partial charge in [-0.15, -0.1) is 34.2 Å². The first-order valence-corrected chi connectivity index (χ1v) is 10.8. The molecule has 0 fully saturated rings. The summed E-state index contributed by atoms with van der Waals surface area (Å²) in [5, 5.41) is 14.8. The van der Waals surface area contributed by atoms with E-state index in [-0.39, 0.29) is 36.4 Å². The smallest absolute Gasteiger partial charge is 0.243 e. The Hall–Kier alpha value is -2.37. The van der Waals surface area contributed by atoms with Crippen LogP contribution in [0, 0.1) is 6.92 Å². The Morgan fingerprint density at radius 2 is 1.94 bits per heavy atom. The molecular weight excluding hydrogens is 519 g/mol. The summed E-state index contributed by atoms with van der Waals surface area (Å²) < 4.78 is 2.02. The summed E-state index contributed by atoms with van der Waals surface area (Å²) in [7, 11) is 3.47. The molecule has 0 saturated heterocycles. The lowest BCUT2D eigenvalue weighted by atomic mass is 10.2.